The van der Waals surface area contributed by atoms with E-state index in [2.05, 4.69) is 79.1 Å². The molecule has 0 aliphatic carbocycles. The SMILES string of the molecule is Cc1ccc([CH2][Sn]([CH2]c2ccc(C)cc2)([N]=C=S)[N]=C=S)cc1. The fraction of sp³-hybridized carbons (Fsp3) is 0.222. The Hall–Kier alpha value is -1.16. The second-order valence-corrected chi connectivity index (χ2v) is 15.0. The summed E-state index contributed by atoms with van der Waals surface area (Å²) < 4.78 is 10.8. The van der Waals surface area contributed by atoms with E-state index in [1.165, 1.54) is 22.3 Å². The molecule has 0 bridgehead atoms. The molecule has 2 rings (SSSR count). The Balaban J connectivity index is 2.37. The van der Waals surface area contributed by atoms with E-state index in [0.717, 1.165) is 8.87 Å². The van der Waals surface area contributed by atoms with E-state index < -0.39 is 18.9 Å². The molecular weight excluding hydrogens is 427 g/mol. The van der Waals surface area contributed by atoms with Gasteiger partial charge in [-0.3, -0.25) is 0 Å². The molecule has 0 radical (unpaired) electrons. The number of isothiocyanates is 2. The third-order valence-corrected chi connectivity index (χ3v) is 13.4. The fourth-order valence-corrected chi connectivity index (χ4v) is 12.2. The van der Waals surface area contributed by atoms with Crippen LogP contribution in [0, 0.1) is 13.8 Å². The number of thiocarbonyl (C=S) groups is 2. The summed E-state index contributed by atoms with van der Waals surface area (Å²) in [6.07, 6.45) is 0. The van der Waals surface area contributed by atoms with Gasteiger partial charge in [-0.2, -0.15) is 0 Å². The minimum absolute atomic E-state index is 0.816. The zero-order valence-corrected chi connectivity index (χ0v) is 17.7. The van der Waals surface area contributed by atoms with Gasteiger partial charge in [-0.15, -0.1) is 0 Å². The Kier molecular flexibility index (Phi) is 6.82. The molecule has 2 aromatic rings. The minimum atomic E-state index is -3.37. The van der Waals surface area contributed by atoms with Crippen molar-refractivity contribution in [3.63, 3.8) is 0 Å². The van der Waals surface area contributed by atoms with Crippen LogP contribution in [0.15, 0.2) is 55.0 Å². The van der Waals surface area contributed by atoms with E-state index in [4.69, 9.17) is 24.4 Å². The van der Waals surface area contributed by atoms with Crippen molar-refractivity contribution < 1.29 is 0 Å². The van der Waals surface area contributed by atoms with Crippen molar-refractivity contribution >= 4 is 53.7 Å². The molecule has 0 spiro atoms. The molecule has 2 aromatic carbocycles. The second-order valence-electron chi connectivity index (χ2n) is 5.71. The van der Waals surface area contributed by atoms with Crippen molar-refractivity contribution in [2.24, 2.45) is 6.43 Å². The maximum absolute atomic E-state index is 4.90. The predicted octanol–water partition coefficient (Wildman–Crippen LogP) is 4.81. The van der Waals surface area contributed by atoms with E-state index in [1.807, 2.05) is 0 Å². The Morgan fingerprint density at radius 1 is 0.739 bits per heavy atom. The molecule has 116 valence electrons. The van der Waals surface area contributed by atoms with Crippen molar-refractivity contribution in [1.29, 1.82) is 0 Å². The van der Waals surface area contributed by atoms with E-state index in [-0.39, 0.29) is 0 Å². The molecule has 0 saturated carbocycles. The van der Waals surface area contributed by atoms with Crippen LogP contribution in [-0.4, -0.2) is 29.2 Å². The summed E-state index contributed by atoms with van der Waals surface area (Å²) in [6, 6.07) is 17.0. The Morgan fingerprint density at radius 2 is 1.09 bits per heavy atom. The van der Waals surface area contributed by atoms with Crippen molar-refractivity contribution in [3.05, 3.63) is 70.8 Å². The van der Waals surface area contributed by atoms with Crippen LogP contribution in [0.4, 0.5) is 0 Å². The Morgan fingerprint density at radius 3 is 1.39 bits per heavy atom. The molecule has 23 heavy (non-hydrogen) atoms. The molecule has 0 aliphatic heterocycles. The van der Waals surface area contributed by atoms with Gasteiger partial charge in [-0.1, -0.05) is 0 Å². The molecule has 5 heteroatoms. The van der Waals surface area contributed by atoms with E-state index in [1.54, 1.807) is 0 Å². The summed E-state index contributed by atoms with van der Waals surface area (Å²) in [5, 5.41) is 5.16. The predicted molar refractivity (Wildman–Crippen MR) is 106 cm³/mol. The van der Waals surface area contributed by atoms with Gasteiger partial charge in [0.2, 0.25) is 0 Å². The summed E-state index contributed by atoms with van der Waals surface area (Å²) in [5.41, 5.74) is 4.93. The molecule has 0 unspecified atom stereocenters. The van der Waals surface area contributed by atoms with Gasteiger partial charge in [-0.25, -0.2) is 0 Å². The first-order valence-corrected chi connectivity index (χ1v) is 14.8. The molecule has 0 aliphatic rings. The number of rotatable bonds is 6. The normalized spacial score (nSPS) is 10.5. The average Bonchev–Trinajstić information content (AvgIpc) is 2.52. The molecular formula is C18H18N2S2Sn. The summed E-state index contributed by atoms with van der Waals surface area (Å²) in [6.45, 7) is 4.16. The first-order chi connectivity index (χ1) is 11.1. The first-order valence-electron chi connectivity index (χ1n) is 7.36. The Bertz CT molecular complexity index is 689. The summed E-state index contributed by atoms with van der Waals surface area (Å²) in [5.74, 6) is 0. The van der Waals surface area contributed by atoms with E-state index >= 15 is 0 Å². The number of hydrogen-bond acceptors (Lipinski definition) is 4. The zero-order valence-electron chi connectivity index (χ0n) is 13.2. The van der Waals surface area contributed by atoms with Crippen LogP contribution in [0.1, 0.15) is 22.3 Å². The number of hydrogen-bond donors (Lipinski definition) is 0. The third-order valence-electron chi connectivity index (χ3n) is 3.72. The topological polar surface area (TPSA) is 24.7 Å². The van der Waals surface area contributed by atoms with Crippen molar-refractivity contribution in [2.75, 3.05) is 0 Å². The fourth-order valence-electron chi connectivity index (χ4n) is 2.48. The van der Waals surface area contributed by atoms with Crippen LogP contribution < -0.4 is 0 Å². The molecule has 0 fully saturated rings. The van der Waals surface area contributed by atoms with Gasteiger partial charge in [0.25, 0.3) is 0 Å². The van der Waals surface area contributed by atoms with Crippen LogP contribution >= 0.6 is 24.4 Å². The van der Waals surface area contributed by atoms with Gasteiger partial charge >= 0.3 is 154 Å². The number of aryl methyl sites for hydroxylation is 2. The van der Waals surface area contributed by atoms with Gasteiger partial charge in [0.05, 0.1) is 0 Å². The van der Waals surface area contributed by atoms with Gasteiger partial charge in [-0.05, 0) is 0 Å². The molecule has 2 nitrogen and oxygen atoms in total. The summed E-state index contributed by atoms with van der Waals surface area (Å²) >= 11 is 6.44. The molecule has 0 aromatic heterocycles. The molecule has 0 amide bonds. The van der Waals surface area contributed by atoms with Crippen molar-refractivity contribution in [3.8, 4) is 0 Å². The van der Waals surface area contributed by atoms with Crippen LogP contribution in [-0.2, 0) is 8.87 Å². The van der Waals surface area contributed by atoms with Gasteiger partial charge in [0.1, 0.15) is 0 Å². The van der Waals surface area contributed by atoms with Crippen molar-refractivity contribution in [2.45, 2.75) is 22.7 Å². The second kappa shape index (κ2) is 8.62. The standard InChI is InChI=1S/2C8H9.2CNS.Sn/c2*1-7-3-5-8(2)6-4-7;2*2-1-3;/h2*3-6H,1H2,2H3;;;/q;;2*-1;+2. The molecule has 0 heterocycles. The van der Waals surface area contributed by atoms with E-state index in [9.17, 15) is 0 Å². The van der Waals surface area contributed by atoms with Crippen LogP contribution in [0.3, 0.4) is 0 Å². The quantitative estimate of drug-likeness (QED) is 0.362. The first kappa shape index (κ1) is 18.2. The summed E-state index contributed by atoms with van der Waals surface area (Å²) in [7, 11) is 0. The monoisotopic (exact) mass is 446 g/mol. The van der Waals surface area contributed by atoms with Gasteiger partial charge in [0.15, 0.2) is 0 Å². The maximum atomic E-state index is 4.90. The Labute approximate surface area is 153 Å². The number of benzene rings is 2. The molecule has 0 atom stereocenters. The molecule has 0 N–H and O–H groups in total. The average molecular weight is 445 g/mol. The summed E-state index contributed by atoms with van der Waals surface area (Å²) in [4.78, 5) is 0. The van der Waals surface area contributed by atoms with Crippen molar-refractivity contribution in [1.82, 2.24) is 0 Å². The zero-order chi connectivity index (χ0) is 16.7. The van der Waals surface area contributed by atoms with Gasteiger partial charge < -0.3 is 0 Å². The van der Waals surface area contributed by atoms with E-state index in [0.29, 0.717) is 0 Å². The third kappa shape index (κ3) is 5.45. The molecule has 0 saturated heterocycles. The van der Waals surface area contributed by atoms with Crippen LogP contribution in [0.25, 0.3) is 0 Å². The number of nitrogens with zero attached hydrogens (tertiary/aromatic N) is 2. The van der Waals surface area contributed by atoms with Gasteiger partial charge in [0, 0.05) is 0 Å². The van der Waals surface area contributed by atoms with Crippen LogP contribution in [0.5, 0.6) is 0 Å². The van der Waals surface area contributed by atoms with Crippen LogP contribution in [0.2, 0.25) is 0 Å².